The SMILES string of the molecule is C[C@H]1CCC2CCC(F)CC2[C@@H]2CCCN2C2CCN3NCC(NC1)C3N2. The van der Waals surface area contributed by atoms with E-state index in [4.69, 9.17) is 0 Å². The monoisotopic (exact) mass is 379 g/mol. The third-order valence-corrected chi connectivity index (χ3v) is 8.22. The van der Waals surface area contributed by atoms with Crippen LogP contribution in [0.4, 0.5) is 4.39 Å². The van der Waals surface area contributed by atoms with E-state index in [1.165, 1.54) is 38.6 Å². The number of hydrazine groups is 1. The normalized spacial score (nSPS) is 49.6. The van der Waals surface area contributed by atoms with Gasteiger partial charge in [-0.3, -0.25) is 15.6 Å². The fraction of sp³-hybridized carbons (Fsp3) is 1.00. The lowest BCUT2D eigenvalue weighted by Crippen LogP contribution is -2.65. The van der Waals surface area contributed by atoms with E-state index >= 15 is 0 Å². The van der Waals surface area contributed by atoms with Crippen LogP contribution < -0.4 is 16.1 Å². The number of fused-ring (bicyclic) bond motifs is 5. The highest BCUT2D eigenvalue weighted by Crippen LogP contribution is 2.42. The molecule has 1 aliphatic carbocycles. The number of alkyl halides is 1. The number of rotatable bonds is 0. The van der Waals surface area contributed by atoms with Crippen molar-refractivity contribution in [3.63, 3.8) is 0 Å². The summed E-state index contributed by atoms with van der Waals surface area (Å²) in [5, 5.41) is 10.2. The van der Waals surface area contributed by atoms with E-state index in [9.17, 15) is 4.39 Å². The molecule has 8 atom stereocenters. The van der Waals surface area contributed by atoms with Crippen molar-refractivity contribution in [1.29, 1.82) is 0 Å². The van der Waals surface area contributed by atoms with Crippen LogP contribution in [-0.2, 0) is 0 Å². The molecule has 3 N–H and O–H groups in total. The summed E-state index contributed by atoms with van der Waals surface area (Å²) in [5.74, 6) is 1.99. The minimum absolute atomic E-state index is 0.383. The lowest BCUT2D eigenvalue weighted by Gasteiger charge is -2.47. The van der Waals surface area contributed by atoms with Gasteiger partial charge in [0.15, 0.2) is 0 Å². The molecule has 6 heteroatoms. The van der Waals surface area contributed by atoms with E-state index < -0.39 is 6.17 Å². The summed E-state index contributed by atoms with van der Waals surface area (Å²) < 4.78 is 14.4. The van der Waals surface area contributed by atoms with Gasteiger partial charge in [-0.05, 0) is 82.2 Å². The number of hydrogen-bond acceptors (Lipinski definition) is 5. The predicted octanol–water partition coefficient (Wildman–Crippen LogP) is 2.06. The van der Waals surface area contributed by atoms with Crippen molar-refractivity contribution in [2.45, 2.75) is 88.9 Å². The predicted molar refractivity (Wildman–Crippen MR) is 106 cm³/mol. The average molecular weight is 380 g/mol. The van der Waals surface area contributed by atoms with Crippen LogP contribution in [0.15, 0.2) is 0 Å². The van der Waals surface area contributed by atoms with Crippen LogP contribution in [0.5, 0.6) is 0 Å². The summed E-state index contributed by atoms with van der Waals surface area (Å²) in [4.78, 5) is 2.75. The van der Waals surface area contributed by atoms with Gasteiger partial charge >= 0.3 is 0 Å². The van der Waals surface area contributed by atoms with Crippen LogP contribution in [0.25, 0.3) is 0 Å². The van der Waals surface area contributed by atoms with Crippen molar-refractivity contribution in [1.82, 2.24) is 26.0 Å². The zero-order chi connectivity index (χ0) is 18.4. The Kier molecular flexibility index (Phi) is 5.46. The van der Waals surface area contributed by atoms with E-state index in [1.807, 2.05) is 0 Å². The van der Waals surface area contributed by atoms with E-state index in [1.54, 1.807) is 0 Å². The minimum atomic E-state index is -0.568. The van der Waals surface area contributed by atoms with Crippen LogP contribution in [-0.4, -0.2) is 66.7 Å². The maximum atomic E-state index is 14.4. The van der Waals surface area contributed by atoms with Gasteiger partial charge in [-0.2, -0.15) is 0 Å². The first kappa shape index (κ1) is 18.7. The molecule has 0 aromatic rings. The fourth-order valence-electron chi connectivity index (χ4n) is 6.71. The maximum absolute atomic E-state index is 14.4. The molecule has 5 aliphatic rings. The Morgan fingerprint density at radius 2 is 1.85 bits per heavy atom. The second-order valence-corrected chi connectivity index (χ2v) is 9.95. The van der Waals surface area contributed by atoms with Crippen LogP contribution in [0.3, 0.4) is 0 Å². The first-order chi connectivity index (χ1) is 13.2. The third-order valence-electron chi connectivity index (χ3n) is 8.22. The molecule has 27 heavy (non-hydrogen) atoms. The quantitative estimate of drug-likeness (QED) is 0.601. The molecule has 4 saturated heterocycles. The molecule has 0 radical (unpaired) electrons. The van der Waals surface area contributed by atoms with Crippen molar-refractivity contribution in [3.8, 4) is 0 Å². The number of hydrogen-bond donors (Lipinski definition) is 3. The van der Waals surface area contributed by atoms with E-state index in [-0.39, 0.29) is 0 Å². The van der Waals surface area contributed by atoms with Crippen molar-refractivity contribution in [2.24, 2.45) is 17.8 Å². The second kappa shape index (κ2) is 7.86. The number of halogens is 1. The summed E-state index contributed by atoms with van der Waals surface area (Å²) in [5.41, 5.74) is 3.59. The van der Waals surface area contributed by atoms with E-state index in [2.05, 4.69) is 32.9 Å². The highest BCUT2D eigenvalue weighted by Gasteiger charge is 2.46. The van der Waals surface area contributed by atoms with Crippen molar-refractivity contribution < 1.29 is 4.39 Å². The summed E-state index contributed by atoms with van der Waals surface area (Å²) >= 11 is 0. The van der Waals surface area contributed by atoms with Gasteiger partial charge in [-0.25, -0.2) is 9.40 Å². The molecule has 6 unspecified atom stereocenters. The zero-order valence-electron chi connectivity index (χ0n) is 16.9. The van der Waals surface area contributed by atoms with Crippen molar-refractivity contribution >= 4 is 0 Å². The topological polar surface area (TPSA) is 42.6 Å². The Bertz CT molecular complexity index is 519. The molecule has 0 spiro atoms. The van der Waals surface area contributed by atoms with Gasteiger partial charge in [0, 0.05) is 19.1 Å². The molecule has 0 amide bonds. The fourth-order valence-corrected chi connectivity index (χ4v) is 6.71. The van der Waals surface area contributed by atoms with Gasteiger partial charge in [-0.15, -0.1) is 0 Å². The van der Waals surface area contributed by atoms with Gasteiger partial charge in [-0.1, -0.05) is 6.92 Å². The average Bonchev–Trinajstić information content (AvgIpc) is 3.31. The summed E-state index contributed by atoms with van der Waals surface area (Å²) in [6.45, 7) is 6.81. The molecule has 5 fully saturated rings. The number of nitrogens with zero attached hydrogens (tertiary/aromatic N) is 2. The molecule has 4 aliphatic heterocycles. The highest BCUT2D eigenvalue weighted by molar-refractivity contribution is 4.99. The minimum Gasteiger partial charge on any atom is -0.310 e. The van der Waals surface area contributed by atoms with Gasteiger partial charge < -0.3 is 5.32 Å². The van der Waals surface area contributed by atoms with Gasteiger partial charge in [0.05, 0.1) is 18.4 Å². The van der Waals surface area contributed by atoms with Crippen LogP contribution in [0.2, 0.25) is 0 Å². The van der Waals surface area contributed by atoms with Crippen LogP contribution in [0.1, 0.15) is 58.3 Å². The van der Waals surface area contributed by atoms with Gasteiger partial charge in [0.2, 0.25) is 0 Å². The molecule has 0 aromatic carbocycles. The molecule has 154 valence electrons. The Hall–Kier alpha value is -0.270. The van der Waals surface area contributed by atoms with Gasteiger partial charge in [0.1, 0.15) is 6.17 Å². The molecular formula is C21H38FN5. The van der Waals surface area contributed by atoms with Crippen molar-refractivity contribution in [2.75, 3.05) is 26.2 Å². The Balaban J connectivity index is 1.41. The van der Waals surface area contributed by atoms with E-state index in [0.29, 0.717) is 36.3 Å². The smallest absolute Gasteiger partial charge is 0.100 e. The summed E-state index contributed by atoms with van der Waals surface area (Å²) in [6, 6.07) is 1.07. The largest absolute Gasteiger partial charge is 0.310 e. The van der Waals surface area contributed by atoms with E-state index in [0.717, 1.165) is 44.8 Å². The van der Waals surface area contributed by atoms with Crippen molar-refractivity contribution in [3.05, 3.63) is 0 Å². The summed E-state index contributed by atoms with van der Waals surface area (Å²) in [6.07, 6.45) is 9.29. The standard InChI is InChI=1S/C21H38FN5/c1-14-4-5-15-6-7-16(22)11-17(15)19-3-2-9-26(19)20-8-10-27-21(25-20)18(13-24-27)23-12-14/h14-21,23-25H,2-13H2,1H3/t14-,15?,16?,17?,18?,19-,20?,21?/m0/s1. The Labute approximate surface area is 163 Å². The molecule has 4 heterocycles. The Morgan fingerprint density at radius 3 is 2.78 bits per heavy atom. The van der Waals surface area contributed by atoms with Crippen LogP contribution >= 0.6 is 0 Å². The molecular weight excluding hydrogens is 341 g/mol. The molecule has 2 bridgehead atoms. The molecule has 1 saturated carbocycles. The summed E-state index contributed by atoms with van der Waals surface area (Å²) in [7, 11) is 0. The molecule has 0 aromatic heterocycles. The first-order valence-corrected chi connectivity index (χ1v) is 11.6. The maximum Gasteiger partial charge on any atom is 0.100 e. The first-order valence-electron chi connectivity index (χ1n) is 11.6. The Morgan fingerprint density at radius 1 is 0.963 bits per heavy atom. The lowest BCUT2D eigenvalue weighted by atomic mass is 9.71. The molecule has 5 rings (SSSR count). The zero-order valence-corrected chi connectivity index (χ0v) is 16.9. The number of nitrogens with one attached hydrogen (secondary N) is 3. The van der Waals surface area contributed by atoms with Crippen LogP contribution in [0, 0.1) is 17.8 Å². The highest BCUT2D eigenvalue weighted by atomic mass is 19.1. The second-order valence-electron chi connectivity index (χ2n) is 9.95. The van der Waals surface area contributed by atoms with Gasteiger partial charge in [0.25, 0.3) is 0 Å². The molecule has 5 nitrogen and oxygen atoms in total. The third kappa shape index (κ3) is 3.68. The lowest BCUT2D eigenvalue weighted by molar-refractivity contribution is -0.00883.